The van der Waals surface area contributed by atoms with E-state index in [1.807, 2.05) is 0 Å². The molecule has 1 heterocycles. The Morgan fingerprint density at radius 1 is 1.16 bits per heavy atom. The van der Waals surface area contributed by atoms with Crippen molar-refractivity contribution in [2.75, 3.05) is 29.9 Å². The van der Waals surface area contributed by atoms with Crippen molar-refractivity contribution >= 4 is 39.2 Å². The molecule has 1 aliphatic rings. The molecule has 0 saturated carbocycles. The summed E-state index contributed by atoms with van der Waals surface area (Å²) in [6.45, 7) is 2.78. The maximum atomic E-state index is 13.0. The summed E-state index contributed by atoms with van der Waals surface area (Å²) < 4.78 is 30.5. The molecule has 0 spiro atoms. The predicted octanol–water partition coefficient (Wildman–Crippen LogP) is 1.78. The highest BCUT2D eigenvalue weighted by atomic mass is 32.2. The lowest BCUT2D eigenvalue weighted by molar-refractivity contribution is -0.133. The van der Waals surface area contributed by atoms with E-state index in [1.165, 1.54) is 13.2 Å². The summed E-state index contributed by atoms with van der Waals surface area (Å²) in [5.74, 6) is -0.569. The number of amides is 4. The minimum atomic E-state index is -3.50. The van der Waals surface area contributed by atoms with Crippen LogP contribution in [0.3, 0.4) is 0 Å². The summed E-state index contributed by atoms with van der Waals surface area (Å²) in [6.07, 6.45) is 1.02. The summed E-state index contributed by atoms with van der Waals surface area (Å²) in [4.78, 5) is 38.8. The third-order valence-electron chi connectivity index (χ3n) is 5.06. The number of sulfonamides is 1. The van der Waals surface area contributed by atoms with E-state index in [0.717, 1.165) is 11.2 Å². The van der Waals surface area contributed by atoms with Gasteiger partial charge in [-0.2, -0.15) is 0 Å². The fourth-order valence-electron chi connectivity index (χ4n) is 3.31. The van der Waals surface area contributed by atoms with Crippen LogP contribution in [0.4, 0.5) is 16.2 Å². The molecule has 2 aromatic rings. The minimum Gasteiger partial charge on any atom is -0.497 e. The molecule has 1 atom stereocenters. The second-order valence-electron chi connectivity index (χ2n) is 7.63. The summed E-state index contributed by atoms with van der Waals surface area (Å²) in [5, 5.41) is 5.22. The van der Waals surface area contributed by atoms with E-state index in [2.05, 4.69) is 15.4 Å². The molecular weight excluding hydrogens is 436 g/mol. The van der Waals surface area contributed by atoms with Crippen LogP contribution >= 0.6 is 0 Å². The molecule has 0 aliphatic carbocycles. The van der Waals surface area contributed by atoms with E-state index in [1.54, 1.807) is 50.2 Å². The lowest BCUT2D eigenvalue weighted by Crippen LogP contribution is -2.42. The van der Waals surface area contributed by atoms with Gasteiger partial charge in [0.25, 0.3) is 5.91 Å². The van der Waals surface area contributed by atoms with Crippen LogP contribution in [-0.4, -0.2) is 51.1 Å². The van der Waals surface area contributed by atoms with Crippen molar-refractivity contribution in [1.29, 1.82) is 0 Å². The van der Waals surface area contributed by atoms with Crippen LogP contribution in [0.2, 0.25) is 0 Å². The van der Waals surface area contributed by atoms with E-state index in [-0.39, 0.29) is 0 Å². The molecule has 1 saturated heterocycles. The van der Waals surface area contributed by atoms with Crippen LogP contribution in [-0.2, 0) is 25.2 Å². The van der Waals surface area contributed by atoms with Crippen LogP contribution in [0, 0.1) is 6.92 Å². The van der Waals surface area contributed by atoms with Gasteiger partial charge in [0, 0.05) is 5.69 Å². The number of carbonyl (C=O) groups excluding carboxylic acids is 3. The lowest BCUT2D eigenvalue weighted by atomic mass is 9.92. The third kappa shape index (κ3) is 4.83. The third-order valence-corrected chi connectivity index (χ3v) is 5.65. The van der Waals surface area contributed by atoms with Gasteiger partial charge in [0.15, 0.2) is 0 Å². The SMILES string of the molecule is COc1ccc(C2(C)NC(=O)N(CC(=O)Nc3ccc(C)c(NS(C)(=O)=O)c3)C2=O)cc1. The molecule has 4 amide bonds. The number of methoxy groups -OCH3 is 1. The molecule has 3 N–H and O–H groups in total. The smallest absolute Gasteiger partial charge is 0.325 e. The molecule has 11 heteroatoms. The Labute approximate surface area is 186 Å². The van der Waals surface area contributed by atoms with Gasteiger partial charge in [-0.3, -0.25) is 19.2 Å². The van der Waals surface area contributed by atoms with Crippen LogP contribution in [0.1, 0.15) is 18.1 Å². The van der Waals surface area contributed by atoms with E-state index in [9.17, 15) is 22.8 Å². The topological polar surface area (TPSA) is 134 Å². The van der Waals surface area contributed by atoms with E-state index >= 15 is 0 Å². The second-order valence-corrected chi connectivity index (χ2v) is 9.38. The number of urea groups is 1. The molecule has 10 nitrogen and oxygen atoms in total. The van der Waals surface area contributed by atoms with Gasteiger partial charge in [0.05, 0.1) is 19.1 Å². The van der Waals surface area contributed by atoms with Crippen molar-refractivity contribution in [1.82, 2.24) is 10.2 Å². The van der Waals surface area contributed by atoms with Gasteiger partial charge < -0.3 is 15.4 Å². The van der Waals surface area contributed by atoms with Gasteiger partial charge in [-0.25, -0.2) is 13.2 Å². The average Bonchev–Trinajstić information content (AvgIpc) is 2.93. The number of aryl methyl sites for hydroxylation is 1. The van der Waals surface area contributed by atoms with E-state index in [0.29, 0.717) is 28.3 Å². The molecule has 32 heavy (non-hydrogen) atoms. The maximum absolute atomic E-state index is 13.0. The van der Waals surface area contributed by atoms with Crippen molar-refractivity contribution in [2.24, 2.45) is 0 Å². The number of carbonyl (C=O) groups is 3. The quantitative estimate of drug-likeness (QED) is 0.539. The highest BCUT2D eigenvalue weighted by molar-refractivity contribution is 7.92. The summed E-state index contributed by atoms with van der Waals surface area (Å²) in [5.41, 5.74) is 0.525. The number of hydrogen-bond acceptors (Lipinski definition) is 6. The Morgan fingerprint density at radius 3 is 2.41 bits per heavy atom. The van der Waals surface area contributed by atoms with Gasteiger partial charge in [0.1, 0.15) is 17.8 Å². The Kier molecular flexibility index (Phi) is 6.13. The summed E-state index contributed by atoms with van der Waals surface area (Å²) in [7, 11) is -1.98. The van der Waals surface area contributed by atoms with Crippen molar-refractivity contribution < 1.29 is 27.5 Å². The van der Waals surface area contributed by atoms with Crippen molar-refractivity contribution in [3.8, 4) is 5.75 Å². The largest absolute Gasteiger partial charge is 0.497 e. The summed E-state index contributed by atoms with van der Waals surface area (Å²) in [6, 6.07) is 10.7. The predicted molar refractivity (Wildman–Crippen MR) is 119 cm³/mol. The average molecular weight is 461 g/mol. The monoisotopic (exact) mass is 460 g/mol. The number of hydrogen-bond donors (Lipinski definition) is 3. The first-order valence-electron chi connectivity index (χ1n) is 9.60. The second kappa shape index (κ2) is 8.50. The standard InChI is InChI=1S/C21H24N4O6S/c1-13-5-8-15(11-17(13)24-32(4,29)30)22-18(26)12-25-19(27)21(2,23-20(25)28)14-6-9-16(31-3)10-7-14/h5-11,24H,12H2,1-4H3,(H,22,26)(H,23,28). The Bertz CT molecular complexity index is 1180. The Balaban J connectivity index is 1.73. The van der Waals surface area contributed by atoms with Gasteiger partial charge in [-0.05, 0) is 49.2 Å². The minimum absolute atomic E-state index is 0.312. The normalized spacial score (nSPS) is 18.3. The van der Waals surface area contributed by atoms with Crippen LogP contribution < -0.4 is 20.1 Å². The molecular formula is C21H24N4O6S. The number of nitrogens with one attached hydrogen (secondary N) is 3. The number of rotatable bonds is 7. The zero-order valence-corrected chi connectivity index (χ0v) is 18.9. The summed E-state index contributed by atoms with van der Waals surface area (Å²) >= 11 is 0. The van der Waals surface area contributed by atoms with Gasteiger partial charge in [-0.1, -0.05) is 18.2 Å². The molecule has 170 valence electrons. The Hall–Kier alpha value is -3.60. The maximum Gasteiger partial charge on any atom is 0.325 e. The van der Waals surface area contributed by atoms with Crippen molar-refractivity contribution in [3.63, 3.8) is 0 Å². The number of anilines is 2. The molecule has 0 aromatic heterocycles. The fourth-order valence-corrected chi connectivity index (χ4v) is 3.93. The Morgan fingerprint density at radius 2 is 1.81 bits per heavy atom. The number of imide groups is 1. The molecule has 0 radical (unpaired) electrons. The zero-order valence-electron chi connectivity index (χ0n) is 18.1. The molecule has 1 fully saturated rings. The van der Waals surface area contributed by atoms with Crippen LogP contribution in [0.5, 0.6) is 5.75 Å². The number of ether oxygens (including phenoxy) is 1. The molecule has 3 rings (SSSR count). The number of nitrogens with zero attached hydrogens (tertiary/aromatic N) is 1. The zero-order chi connectivity index (χ0) is 23.7. The first-order valence-corrected chi connectivity index (χ1v) is 11.5. The lowest BCUT2D eigenvalue weighted by Gasteiger charge is -2.22. The van der Waals surface area contributed by atoms with Crippen LogP contribution in [0.15, 0.2) is 42.5 Å². The van der Waals surface area contributed by atoms with E-state index in [4.69, 9.17) is 4.74 Å². The van der Waals surface area contributed by atoms with Crippen molar-refractivity contribution in [2.45, 2.75) is 19.4 Å². The van der Waals surface area contributed by atoms with Crippen LogP contribution in [0.25, 0.3) is 0 Å². The van der Waals surface area contributed by atoms with E-state index < -0.39 is 40.0 Å². The molecule has 1 aliphatic heterocycles. The first-order chi connectivity index (χ1) is 14.9. The highest BCUT2D eigenvalue weighted by Gasteiger charge is 2.49. The van der Waals surface area contributed by atoms with Gasteiger partial charge in [0.2, 0.25) is 15.9 Å². The van der Waals surface area contributed by atoms with Gasteiger partial charge in [-0.15, -0.1) is 0 Å². The molecule has 0 bridgehead atoms. The molecule has 1 unspecified atom stereocenters. The first kappa shape index (κ1) is 23.1. The fraction of sp³-hybridized carbons (Fsp3) is 0.286. The highest BCUT2D eigenvalue weighted by Crippen LogP contribution is 2.30. The van der Waals surface area contributed by atoms with Crippen molar-refractivity contribution in [3.05, 3.63) is 53.6 Å². The number of benzene rings is 2. The van der Waals surface area contributed by atoms with Gasteiger partial charge >= 0.3 is 6.03 Å². The molecule has 2 aromatic carbocycles.